The summed E-state index contributed by atoms with van der Waals surface area (Å²) in [6, 6.07) is 0.864. The minimum absolute atomic E-state index is 0.0477. The number of hydrogen-bond acceptors (Lipinski definition) is 2. The predicted molar refractivity (Wildman–Crippen MR) is 66.9 cm³/mol. The van der Waals surface area contributed by atoms with Gasteiger partial charge in [0.1, 0.15) is 5.82 Å². The van der Waals surface area contributed by atoms with Gasteiger partial charge in [0, 0.05) is 19.3 Å². The molecule has 0 saturated carbocycles. The van der Waals surface area contributed by atoms with Gasteiger partial charge < -0.3 is 4.90 Å². The maximum atomic E-state index is 12.5. The molecule has 0 spiro atoms. The number of anilines is 1. The molecule has 0 saturated heterocycles. The van der Waals surface area contributed by atoms with Crippen molar-refractivity contribution in [1.82, 2.24) is 4.98 Å². The molecule has 98 valence electrons. The number of hydrogen-bond donors (Lipinski definition) is 0. The van der Waals surface area contributed by atoms with Crippen LogP contribution in [0, 0.1) is 0 Å². The van der Waals surface area contributed by atoms with Crippen LogP contribution in [-0.4, -0.2) is 18.1 Å². The van der Waals surface area contributed by atoms with Gasteiger partial charge in [-0.15, -0.1) is 13.2 Å². The first-order chi connectivity index (χ1) is 8.40. The van der Waals surface area contributed by atoms with Crippen LogP contribution in [0.5, 0.6) is 0 Å². The van der Waals surface area contributed by atoms with E-state index < -0.39 is 11.7 Å². The molecule has 1 rings (SSSR count). The minimum atomic E-state index is -4.45. The highest BCUT2D eigenvalue weighted by molar-refractivity contribution is 6.33. The summed E-state index contributed by atoms with van der Waals surface area (Å²) in [4.78, 5) is 5.43. The number of aromatic nitrogens is 1. The molecule has 0 N–H and O–H groups in total. The molecule has 1 aromatic heterocycles. The van der Waals surface area contributed by atoms with Gasteiger partial charge in [0.05, 0.1) is 10.6 Å². The van der Waals surface area contributed by atoms with Crippen molar-refractivity contribution in [2.45, 2.75) is 6.18 Å². The molecule has 0 atom stereocenters. The van der Waals surface area contributed by atoms with Crippen LogP contribution in [0.1, 0.15) is 5.56 Å². The van der Waals surface area contributed by atoms with E-state index in [0.29, 0.717) is 13.1 Å². The molecular formula is C12H12ClF3N2. The van der Waals surface area contributed by atoms with Crippen molar-refractivity contribution < 1.29 is 13.2 Å². The summed E-state index contributed by atoms with van der Waals surface area (Å²) in [5, 5.41) is -0.0477. The number of nitrogens with zero attached hydrogens (tertiary/aromatic N) is 2. The summed E-state index contributed by atoms with van der Waals surface area (Å²) >= 11 is 5.83. The molecule has 0 bridgehead atoms. The van der Waals surface area contributed by atoms with Crippen LogP contribution in [0.15, 0.2) is 37.6 Å². The van der Waals surface area contributed by atoms with Gasteiger partial charge in [-0.2, -0.15) is 13.2 Å². The van der Waals surface area contributed by atoms with Crippen molar-refractivity contribution in [3.63, 3.8) is 0 Å². The Bertz CT molecular complexity index is 433. The maximum absolute atomic E-state index is 12.5. The van der Waals surface area contributed by atoms with Crippen LogP contribution in [0.3, 0.4) is 0 Å². The lowest BCUT2D eigenvalue weighted by Gasteiger charge is -2.22. The fourth-order valence-electron chi connectivity index (χ4n) is 1.38. The number of rotatable bonds is 5. The van der Waals surface area contributed by atoms with Gasteiger partial charge in [-0.05, 0) is 6.07 Å². The normalized spacial score (nSPS) is 11.1. The van der Waals surface area contributed by atoms with E-state index in [2.05, 4.69) is 18.1 Å². The fraction of sp³-hybridized carbons (Fsp3) is 0.250. The average molecular weight is 277 g/mol. The minimum Gasteiger partial charge on any atom is -0.348 e. The van der Waals surface area contributed by atoms with Crippen LogP contribution in [-0.2, 0) is 6.18 Å². The zero-order valence-corrected chi connectivity index (χ0v) is 10.3. The molecule has 0 aliphatic rings. The first-order valence-electron chi connectivity index (χ1n) is 5.09. The van der Waals surface area contributed by atoms with Crippen molar-refractivity contribution in [2.75, 3.05) is 18.0 Å². The predicted octanol–water partition coefficient (Wildman–Crippen LogP) is 3.93. The molecule has 6 heteroatoms. The van der Waals surface area contributed by atoms with E-state index in [9.17, 15) is 13.2 Å². The lowest BCUT2D eigenvalue weighted by atomic mass is 10.2. The quantitative estimate of drug-likeness (QED) is 0.758. The highest BCUT2D eigenvalue weighted by Gasteiger charge is 2.31. The lowest BCUT2D eigenvalue weighted by molar-refractivity contribution is -0.137. The third-order valence-electron chi connectivity index (χ3n) is 2.15. The Morgan fingerprint density at radius 2 is 1.83 bits per heavy atom. The molecular weight excluding hydrogens is 265 g/mol. The summed E-state index contributed by atoms with van der Waals surface area (Å²) in [5.41, 5.74) is -0.867. The first kappa shape index (κ1) is 14.6. The third kappa shape index (κ3) is 3.50. The summed E-state index contributed by atoms with van der Waals surface area (Å²) in [6.07, 6.45) is -0.463. The number of halogens is 4. The maximum Gasteiger partial charge on any atom is 0.417 e. The summed E-state index contributed by atoms with van der Waals surface area (Å²) in [6.45, 7) is 7.98. The van der Waals surface area contributed by atoms with Gasteiger partial charge in [-0.3, -0.25) is 0 Å². The second kappa shape index (κ2) is 5.91. The van der Waals surface area contributed by atoms with E-state index >= 15 is 0 Å². The largest absolute Gasteiger partial charge is 0.417 e. The highest BCUT2D eigenvalue weighted by atomic mass is 35.5. The molecule has 0 radical (unpaired) electrons. The topological polar surface area (TPSA) is 16.1 Å². The molecule has 0 amide bonds. The number of pyridine rings is 1. The molecule has 1 aromatic rings. The third-order valence-corrected chi connectivity index (χ3v) is 2.43. The van der Waals surface area contributed by atoms with Gasteiger partial charge in [0.25, 0.3) is 0 Å². The van der Waals surface area contributed by atoms with Crippen molar-refractivity contribution in [3.05, 3.63) is 48.2 Å². The molecule has 0 unspecified atom stereocenters. The van der Waals surface area contributed by atoms with E-state index in [1.54, 1.807) is 17.1 Å². The molecule has 0 aromatic carbocycles. The van der Waals surface area contributed by atoms with Gasteiger partial charge in [-0.1, -0.05) is 23.8 Å². The van der Waals surface area contributed by atoms with Gasteiger partial charge in [-0.25, -0.2) is 4.98 Å². The lowest BCUT2D eigenvalue weighted by Crippen LogP contribution is -2.24. The summed E-state index contributed by atoms with van der Waals surface area (Å²) in [7, 11) is 0. The summed E-state index contributed by atoms with van der Waals surface area (Å²) < 4.78 is 37.4. The second-order valence-corrected chi connectivity index (χ2v) is 3.92. The van der Waals surface area contributed by atoms with Gasteiger partial charge in [0.2, 0.25) is 0 Å². The van der Waals surface area contributed by atoms with E-state index in [4.69, 9.17) is 11.6 Å². The number of alkyl halides is 3. The SMILES string of the molecule is C=CCN(CC=C)c1ncc(C(F)(F)F)cc1Cl. The monoisotopic (exact) mass is 276 g/mol. The van der Waals surface area contributed by atoms with E-state index in [1.165, 1.54) is 0 Å². The Morgan fingerprint density at radius 3 is 2.22 bits per heavy atom. The van der Waals surface area contributed by atoms with E-state index in [1.807, 2.05) is 0 Å². The van der Waals surface area contributed by atoms with E-state index in [0.717, 1.165) is 12.3 Å². The van der Waals surface area contributed by atoms with Crippen LogP contribution >= 0.6 is 11.6 Å². The van der Waals surface area contributed by atoms with Crippen LogP contribution in [0.2, 0.25) is 5.02 Å². The van der Waals surface area contributed by atoms with Gasteiger partial charge in [0.15, 0.2) is 0 Å². The smallest absolute Gasteiger partial charge is 0.348 e. The molecule has 0 aliphatic heterocycles. The molecule has 2 nitrogen and oxygen atoms in total. The van der Waals surface area contributed by atoms with Crippen LogP contribution < -0.4 is 4.90 Å². The van der Waals surface area contributed by atoms with Crippen LogP contribution in [0.25, 0.3) is 0 Å². The molecule has 0 fully saturated rings. The Kier molecular flexibility index (Phi) is 4.78. The first-order valence-corrected chi connectivity index (χ1v) is 5.47. The van der Waals surface area contributed by atoms with E-state index in [-0.39, 0.29) is 10.8 Å². The molecule has 18 heavy (non-hydrogen) atoms. The van der Waals surface area contributed by atoms with Crippen molar-refractivity contribution in [3.8, 4) is 0 Å². The highest BCUT2D eigenvalue weighted by Crippen LogP contribution is 2.33. The molecule has 1 heterocycles. The Hall–Kier alpha value is -1.49. The van der Waals surface area contributed by atoms with Crippen molar-refractivity contribution >= 4 is 17.4 Å². The van der Waals surface area contributed by atoms with Crippen molar-refractivity contribution in [1.29, 1.82) is 0 Å². The average Bonchev–Trinajstić information content (AvgIpc) is 2.27. The standard InChI is InChI=1S/C12H12ClF3N2/c1-3-5-18(6-4-2)11-10(13)7-9(8-17-11)12(14,15)16/h3-4,7-8H,1-2,5-6H2. The zero-order valence-electron chi connectivity index (χ0n) is 9.54. The molecule has 0 aliphatic carbocycles. The van der Waals surface area contributed by atoms with Gasteiger partial charge >= 0.3 is 6.18 Å². The fourth-order valence-corrected chi connectivity index (χ4v) is 1.66. The van der Waals surface area contributed by atoms with Crippen LogP contribution in [0.4, 0.5) is 19.0 Å². The zero-order chi connectivity index (χ0) is 13.8. The Labute approximate surface area is 108 Å². The van der Waals surface area contributed by atoms with Crippen molar-refractivity contribution in [2.24, 2.45) is 0 Å². The Balaban J connectivity index is 3.10. The second-order valence-electron chi connectivity index (χ2n) is 3.51. The Morgan fingerprint density at radius 1 is 1.28 bits per heavy atom. The summed E-state index contributed by atoms with van der Waals surface area (Å²) in [5.74, 6) is 0.282.